The molecule has 0 aliphatic carbocycles. The molecule has 6 amide bonds. The number of halogens is 1. The molecule has 17 bridgehead atoms. The SMILES string of the molecule is COC(=O)C1NC(=O)C2NC(=O)C(NC(=O)C3NC(=O)C4NC(=O)C(Cc5ccc(cc5)Oc5cc3cc(c5O[C@@H]3O[C@H](CO)[C@@H](O)[C@H](O)[C@H]3O)Oc3ccc(cc3Cl)C2OC2C[C@@H](N)[C@@H](O)[C@H](C)O2)NC(=O)C(N)c2ccc(O)c(c2)Oc2cc4cc(O[C@@H]3O[C@H](CO)[C@@H](O)[C@H](O)[C@@H]3O)c2C)c2ccc(O)c(c2)-c2c(O[C@@H]3O[C@H](CO)[C@@H](O)[C@H](O)[C@@H]3O)cc(O)cc21. The fourth-order valence-corrected chi connectivity index (χ4v) is 16.3. The number of ether oxygens (including phenoxy) is 12. The largest absolute Gasteiger partial charge is 0.508 e. The van der Waals surface area contributed by atoms with Crippen molar-refractivity contribution in [3.8, 4) is 80.1 Å². The third-order valence-corrected chi connectivity index (χ3v) is 23.5. The Morgan fingerprint density at radius 2 is 1.01 bits per heavy atom. The number of carbonyl (C=O) groups is 7. The van der Waals surface area contributed by atoms with Crippen molar-refractivity contribution in [2.24, 2.45) is 11.5 Å². The van der Waals surface area contributed by atoms with E-state index in [4.69, 9.17) is 79.9 Å². The van der Waals surface area contributed by atoms with E-state index in [1.54, 1.807) is 0 Å². The van der Waals surface area contributed by atoms with E-state index in [0.717, 1.165) is 73.8 Å². The van der Waals surface area contributed by atoms with Gasteiger partial charge in [-0.3, -0.25) is 28.8 Å². The molecule has 0 aromatic heterocycles. The highest BCUT2D eigenvalue weighted by atomic mass is 35.5. The van der Waals surface area contributed by atoms with Crippen molar-refractivity contribution in [3.63, 3.8) is 0 Å². The van der Waals surface area contributed by atoms with Crippen LogP contribution in [0.25, 0.3) is 11.1 Å². The van der Waals surface area contributed by atoms with Crippen molar-refractivity contribution in [1.82, 2.24) is 31.9 Å². The third-order valence-electron chi connectivity index (χ3n) is 23.2. The van der Waals surface area contributed by atoms with Crippen LogP contribution in [0.2, 0.25) is 5.02 Å². The van der Waals surface area contributed by atoms with E-state index in [1.807, 2.05) is 0 Å². The van der Waals surface area contributed by atoms with Gasteiger partial charge in [-0.25, -0.2) is 4.79 Å². The van der Waals surface area contributed by atoms with Crippen molar-refractivity contribution in [1.29, 1.82) is 0 Å². The molecule has 0 spiro atoms. The summed E-state index contributed by atoms with van der Waals surface area (Å²) in [4.78, 5) is 112. The lowest BCUT2D eigenvalue weighted by Crippen LogP contribution is -2.60. The highest BCUT2D eigenvalue weighted by Crippen LogP contribution is 2.51. The zero-order valence-corrected chi connectivity index (χ0v) is 68.3. The number of rotatable bonds is 12. The number of methoxy groups -OCH3 is 1. The first kappa shape index (κ1) is 91.3. The zero-order valence-electron chi connectivity index (χ0n) is 67.5. The second-order valence-corrected chi connectivity index (χ2v) is 32.1. The van der Waals surface area contributed by atoms with Gasteiger partial charge in [0.25, 0.3) is 0 Å². The number of benzene rings is 7. The number of fused-ring (bicyclic) bond motifs is 14. The molecular formula is C84H91ClN8O35. The van der Waals surface area contributed by atoms with Gasteiger partial charge in [0, 0.05) is 47.2 Å². The first-order valence-electron chi connectivity index (χ1n) is 40.1. The van der Waals surface area contributed by atoms with E-state index >= 15 is 24.0 Å². The Labute approximate surface area is 729 Å². The van der Waals surface area contributed by atoms with Crippen molar-refractivity contribution in [2.45, 2.75) is 192 Å². The van der Waals surface area contributed by atoms with E-state index in [-0.39, 0.29) is 40.2 Å². The minimum absolute atomic E-state index is 0.00352. The number of aliphatic hydroxyl groups excluding tert-OH is 13. The van der Waals surface area contributed by atoms with E-state index in [0.29, 0.717) is 0 Å². The highest BCUT2D eigenvalue weighted by Gasteiger charge is 2.51. The molecule has 128 heavy (non-hydrogen) atoms. The molecule has 17 rings (SSSR count). The number of phenolic OH excluding ortho intramolecular Hbond substituents is 3. The summed E-state index contributed by atoms with van der Waals surface area (Å²) in [5.74, 6) is -16.1. The van der Waals surface area contributed by atoms with E-state index in [9.17, 15) is 91.3 Å². The fourth-order valence-electron chi connectivity index (χ4n) is 16.0. The Hall–Kier alpha value is -11.5. The molecule has 9 unspecified atom stereocenters. The Balaban J connectivity index is 0.991. The van der Waals surface area contributed by atoms with Gasteiger partial charge in [0.2, 0.25) is 60.1 Å². The van der Waals surface area contributed by atoms with Crippen LogP contribution in [0.1, 0.15) is 94.2 Å². The molecule has 27 atom stereocenters. The lowest BCUT2D eigenvalue weighted by Gasteiger charge is -2.40. The number of nitrogens with two attached hydrogens (primary N) is 2. The van der Waals surface area contributed by atoms with Crippen molar-refractivity contribution >= 4 is 53.0 Å². The summed E-state index contributed by atoms with van der Waals surface area (Å²) in [7, 11) is 0.892. The van der Waals surface area contributed by atoms with Gasteiger partial charge in [-0.05, 0) is 126 Å². The van der Waals surface area contributed by atoms with Crippen LogP contribution in [0.3, 0.4) is 0 Å². The number of nitrogens with one attached hydrogen (secondary N) is 6. The maximum atomic E-state index is 17.0. The Bertz CT molecular complexity index is 5390. The van der Waals surface area contributed by atoms with Gasteiger partial charge in [-0.2, -0.15) is 0 Å². The average Bonchev–Trinajstić information content (AvgIpc) is 0.741. The van der Waals surface area contributed by atoms with Gasteiger partial charge in [-0.15, -0.1) is 0 Å². The summed E-state index contributed by atoms with van der Waals surface area (Å²) in [6.45, 7) is -0.144. The Morgan fingerprint density at radius 1 is 0.484 bits per heavy atom. The average molecular weight is 1810 g/mol. The molecule has 4 fully saturated rings. The van der Waals surface area contributed by atoms with Gasteiger partial charge >= 0.3 is 5.97 Å². The van der Waals surface area contributed by atoms with E-state index < -0.39 is 329 Å². The molecule has 26 N–H and O–H groups in total. The lowest BCUT2D eigenvalue weighted by molar-refractivity contribution is -0.277. The summed E-state index contributed by atoms with van der Waals surface area (Å²) >= 11 is 7.40. The van der Waals surface area contributed by atoms with Crippen LogP contribution >= 0.6 is 11.6 Å². The minimum Gasteiger partial charge on any atom is -0.508 e. The molecule has 10 heterocycles. The number of hydrogen-bond donors (Lipinski definition) is 24. The van der Waals surface area contributed by atoms with Crippen molar-refractivity contribution in [2.75, 3.05) is 26.9 Å². The second-order valence-electron chi connectivity index (χ2n) is 31.7. The Morgan fingerprint density at radius 3 is 1.60 bits per heavy atom. The maximum absolute atomic E-state index is 17.0. The third kappa shape index (κ3) is 18.1. The van der Waals surface area contributed by atoms with Crippen LogP contribution in [0, 0.1) is 6.92 Å². The Kier molecular flexibility index (Phi) is 26.6. The molecule has 44 heteroatoms. The summed E-state index contributed by atoms with van der Waals surface area (Å²) < 4.78 is 74.5. The standard InChI is InChI=1S/C84H91ClN8O35/c1-28-46-18-34(19-47(28)122-82-70(107)67(104)64(101)52(25-94)124-82)59-78(113)91-60-35-20-50(119-37-9-4-30(5-10-37)14-42(75(110)89-59)88-76(111)57(87)31-6-12-44(99)48(17-31)121-46)74(128-84-72(109)69(106)66(103)54(27-96)126-84)51(21-35)120-45-13-8-33(16-40(45)85)73(127-55-24-41(86)63(100)29(2)118-55)62-80(115)92-61(81(116)117-3)39-22-36(97)23-49(123-83-71(108)68(105)65(102)53(26-95)125-83)56(39)38-15-32(7-11-43(38)98)58(77(112)93-62)90-79(60)114/h4-13,15-23,29,41-42,52-55,57-73,82-84,94-109H,14,24-27,86-87H2,1-3H3,(H,88,111)(H,89,110)(H,90,114)(H,91,113)(H,92,115)(H,93,112)/t29-,41+,42?,52+,53+,54+,55?,57?,58?,59?,60?,61?,62?,63-,64+,65+,66+,67-,68-,69-,70-,71-,72+,73?,82+,83+,84-/m0/s1. The number of aromatic hydroxyl groups is 3. The number of aliphatic hydroxyl groups is 13. The zero-order chi connectivity index (χ0) is 91.6. The quantitative estimate of drug-likeness (QED) is 0.0542. The number of esters is 1. The number of phenols is 3. The van der Waals surface area contributed by atoms with Crippen LogP contribution < -0.4 is 71.8 Å². The van der Waals surface area contributed by atoms with Gasteiger partial charge in [-0.1, -0.05) is 41.9 Å². The second kappa shape index (κ2) is 37.3. The minimum atomic E-state index is -2.49. The molecular weight excluding hydrogens is 1720 g/mol. The summed E-state index contributed by atoms with van der Waals surface area (Å²) in [5, 5.41) is 194. The first-order valence-corrected chi connectivity index (χ1v) is 40.5. The summed E-state index contributed by atoms with van der Waals surface area (Å²) in [5.41, 5.74) is 10.1. The van der Waals surface area contributed by atoms with Crippen molar-refractivity contribution < 1.29 is 172 Å². The first-order chi connectivity index (χ1) is 61.0. The molecule has 7 aromatic carbocycles. The monoisotopic (exact) mass is 1810 g/mol. The molecule has 4 saturated heterocycles. The maximum Gasteiger partial charge on any atom is 0.333 e. The van der Waals surface area contributed by atoms with E-state index in [2.05, 4.69) is 31.9 Å². The predicted octanol–water partition coefficient (Wildman–Crippen LogP) is -3.01. The van der Waals surface area contributed by atoms with Gasteiger partial charge < -0.3 is 182 Å². The summed E-state index contributed by atoms with van der Waals surface area (Å²) in [6, 6.07) is 5.44. The van der Waals surface area contributed by atoms with Crippen molar-refractivity contribution in [3.05, 3.63) is 165 Å². The van der Waals surface area contributed by atoms with Crippen LogP contribution in [-0.4, -0.2) is 279 Å². The van der Waals surface area contributed by atoms with E-state index in [1.165, 1.54) is 62.4 Å². The number of carbonyl (C=O) groups excluding carboxylic acids is 7. The van der Waals surface area contributed by atoms with Gasteiger partial charge in [0.05, 0.1) is 44.2 Å². The lowest BCUT2D eigenvalue weighted by atomic mass is 9.89. The smallest absolute Gasteiger partial charge is 0.333 e. The topological polar surface area (TPSA) is 678 Å². The molecule has 10 aliphatic rings. The highest BCUT2D eigenvalue weighted by molar-refractivity contribution is 6.32. The molecule has 684 valence electrons. The molecule has 10 aliphatic heterocycles. The normalized spacial score (nSPS) is 32.5. The van der Waals surface area contributed by atoms with Gasteiger partial charge in [0.15, 0.2) is 35.3 Å². The van der Waals surface area contributed by atoms with Crippen LogP contribution in [0.5, 0.6) is 69.0 Å². The fraction of sp³-hybridized carbons (Fsp3) is 0.417. The summed E-state index contributed by atoms with van der Waals surface area (Å²) in [6.07, 6.45) is -36.8. The number of amides is 6. The van der Waals surface area contributed by atoms with Crippen LogP contribution in [-0.2, 0) is 68.4 Å². The molecule has 0 radical (unpaired) electrons. The predicted molar refractivity (Wildman–Crippen MR) is 429 cm³/mol. The van der Waals surface area contributed by atoms with Gasteiger partial charge in [0.1, 0.15) is 156 Å². The van der Waals surface area contributed by atoms with Crippen LogP contribution in [0.4, 0.5) is 0 Å². The molecule has 43 nitrogen and oxygen atoms in total. The molecule has 0 saturated carbocycles. The van der Waals surface area contributed by atoms with Crippen LogP contribution in [0.15, 0.2) is 115 Å². The number of hydrogen-bond acceptors (Lipinski definition) is 37. The molecule has 7 aromatic rings.